The molecule has 0 atom stereocenters. The zero-order valence-corrected chi connectivity index (χ0v) is 24.5. The zero-order chi connectivity index (χ0) is 28.2. The molecule has 0 bridgehead atoms. The van der Waals surface area contributed by atoms with Crippen LogP contribution in [0.2, 0.25) is 0 Å². The van der Waals surface area contributed by atoms with Crippen LogP contribution in [-0.4, -0.2) is 30.7 Å². The molecule has 0 radical (unpaired) electrons. The molecule has 208 valence electrons. The molecule has 0 aliphatic heterocycles. The summed E-state index contributed by atoms with van der Waals surface area (Å²) in [6.07, 6.45) is 5.35. The SMILES string of the molecule is CC(C)=O.CCC(N)CC.CCCCN.Cc1ccc(OCCCSF)cc1.Cc1ccccc1N. The molecule has 2 aromatic carbocycles. The molecule has 2 rings (SSSR count). The Morgan fingerprint density at radius 3 is 1.81 bits per heavy atom. The number of aryl methyl sites for hydroxylation is 2. The third-order valence-corrected chi connectivity index (χ3v) is 4.89. The van der Waals surface area contributed by atoms with Gasteiger partial charge in [-0.2, -0.15) is 3.89 Å². The summed E-state index contributed by atoms with van der Waals surface area (Å²) in [6, 6.07) is 16.1. The van der Waals surface area contributed by atoms with Gasteiger partial charge in [-0.05, 0) is 83.7 Å². The molecule has 0 saturated heterocycles. The van der Waals surface area contributed by atoms with E-state index in [-0.39, 0.29) is 5.78 Å². The van der Waals surface area contributed by atoms with E-state index in [1.165, 1.54) is 32.3 Å². The minimum Gasteiger partial charge on any atom is -0.494 e. The van der Waals surface area contributed by atoms with Crippen LogP contribution < -0.4 is 21.9 Å². The molecule has 0 amide bonds. The fourth-order valence-corrected chi connectivity index (χ4v) is 2.24. The second kappa shape index (κ2) is 29.1. The third kappa shape index (κ3) is 31.9. The van der Waals surface area contributed by atoms with Crippen molar-refractivity contribution >= 4 is 23.6 Å². The minimum atomic E-state index is 0.167. The van der Waals surface area contributed by atoms with Gasteiger partial charge < -0.3 is 26.7 Å². The molecule has 0 spiro atoms. The monoisotopic (exact) mass is 525 g/mol. The summed E-state index contributed by atoms with van der Waals surface area (Å²) in [6.45, 7) is 14.9. The maximum Gasteiger partial charge on any atom is 0.126 e. The first-order valence-corrected chi connectivity index (χ1v) is 13.6. The van der Waals surface area contributed by atoms with Crippen LogP contribution in [0.4, 0.5) is 9.57 Å². The Morgan fingerprint density at radius 1 is 0.972 bits per heavy atom. The van der Waals surface area contributed by atoms with Crippen LogP contribution in [0.3, 0.4) is 0 Å². The largest absolute Gasteiger partial charge is 0.494 e. The number of unbranched alkanes of at least 4 members (excludes halogenated alkanes) is 1. The van der Waals surface area contributed by atoms with E-state index in [0.29, 0.717) is 30.5 Å². The minimum absolute atomic E-state index is 0.167. The summed E-state index contributed by atoms with van der Waals surface area (Å²) in [5, 5.41) is 0. The number of hydrogen-bond acceptors (Lipinski definition) is 6. The summed E-state index contributed by atoms with van der Waals surface area (Å²) >= 11 is 0.359. The predicted molar refractivity (Wildman–Crippen MR) is 159 cm³/mol. The molecule has 0 aliphatic rings. The van der Waals surface area contributed by atoms with Crippen LogP contribution >= 0.6 is 12.1 Å². The first-order valence-electron chi connectivity index (χ1n) is 12.8. The number of hydrogen-bond donors (Lipinski definition) is 3. The van der Waals surface area contributed by atoms with Crippen molar-refractivity contribution in [2.24, 2.45) is 11.5 Å². The lowest BCUT2D eigenvalue weighted by Crippen LogP contribution is -2.16. The Bertz CT molecular complexity index is 700. The van der Waals surface area contributed by atoms with E-state index in [9.17, 15) is 8.68 Å². The predicted octanol–water partition coefficient (Wildman–Crippen LogP) is 7.43. The average Bonchev–Trinajstić information content (AvgIpc) is 2.86. The van der Waals surface area contributed by atoms with Gasteiger partial charge in [0, 0.05) is 29.6 Å². The highest BCUT2D eigenvalue weighted by molar-refractivity contribution is 7.94. The van der Waals surface area contributed by atoms with Crippen molar-refractivity contribution in [3.05, 3.63) is 59.7 Å². The van der Waals surface area contributed by atoms with Crippen molar-refractivity contribution < 1.29 is 13.4 Å². The second-order valence-electron chi connectivity index (χ2n) is 8.31. The van der Waals surface area contributed by atoms with Crippen LogP contribution in [0, 0.1) is 13.8 Å². The van der Waals surface area contributed by atoms with Gasteiger partial charge in [0.15, 0.2) is 0 Å². The smallest absolute Gasteiger partial charge is 0.126 e. The number of para-hydroxylation sites is 1. The first kappa shape index (κ1) is 38.4. The average molecular weight is 526 g/mol. The van der Waals surface area contributed by atoms with Gasteiger partial charge in [0.05, 0.1) is 6.61 Å². The number of ether oxygens (including phenoxy) is 1. The number of carbonyl (C=O) groups is 1. The van der Waals surface area contributed by atoms with E-state index in [2.05, 4.69) is 20.8 Å². The molecule has 0 aromatic heterocycles. The van der Waals surface area contributed by atoms with E-state index in [1.54, 1.807) is 0 Å². The number of nitrogen functional groups attached to an aromatic ring is 1. The number of ketones is 1. The Hall–Kier alpha value is -2.09. The molecule has 0 fully saturated rings. The van der Waals surface area contributed by atoms with Crippen molar-refractivity contribution in [1.29, 1.82) is 0 Å². The molecule has 0 saturated carbocycles. The van der Waals surface area contributed by atoms with Crippen molar-refractivity contribution in [1.82, 2.24) is 0 Å². The molecular weight excluding hydrogens is 473 g/mol. The van der Waals surface area contributed by atoms with E-state index >= 15 is 0 Å². The van der Waals surface area contributed by atoms with E-state index in [4.69, 9.17) is 21.9 Å². The van der Waals surface area contributed by atoms with E-state index in [1.807, 2.05) is 62.4 Å². The van der Waals surface area contributed by atoms with Gasteiger partial charge in [-0.1, -0.05) is 63.1 Å². The lowest BCUT2D eigenvalue weighted by atomic mass is 10.2. The van der Waals surface area contributed by atoms with Crippen LogP contribution in [0.5, 0.6) is 5.75 Å². The maximum atomic E-state index is 11.6. The fraction of sp³-hybridized carbons (Fsp3) is 0.552. The number of carbonyl (C=O) groups excluding carboxylic acids is 1. The summed E-state index contributed by atoms with van der Waals surface area (Å²) in [4.78, 5) is 9.44. The van der Waals surface area contributed by atoms with Crippen molar-refractivity contribution in [3.8, 4) is 5.75 Å². The van der Waals surface area contributed by atoms with Gasteiger partial charge in [-0.15, -0.1) is 0 Å². The van der Waals surface area contributed by atoms with E-state index < -0.39 is 0 Å². The summed E-state index contributed by atoms with van der Waals surface area (Å²) in [7, 11) is 0. The van der Waals surface area contributed by atoms with Gasteiger partial charge in [-0.3, -0.25) is 0 Å². The highest BCUT2D eigenvalue weighted by Crippen LogP contribution is 2.12. The molecule has 7 heteroatoms. The van der Waals surface area contributed by atoms with E-state index in [0.717, 1.165) is 42.8 Å². The van der Waals surface area contributed by atoms with Crippen molar-refractivity contribution in [3.63, 3.8) is 0 Å². The maximum absolute atomic E-state index is 11.6. The molecule has 6 N–H and O–H groups in total. The van der Waals surface area contributed by atoms with Crippen LogP contribution in [0.25, 0.3) is 0 Å². The topological polar surface area (TPSA) is 104 Å². The van der Waals surface area contributed by atoms with Gasteiger partial charge in [0.25, 0.3) is 0 Å². The Labute approximate surface area is 225 Å². The lowest BCUT2D eigenvalue weighted by Gasteiger charge is -2.04. The molecular formula is C29H52FN3O2S. The molecule has 0 aliphatic carbocycles. The number of Topliss-reactive ketones (excluding diaryl/α,β-unsaturated/α-hetero) is 1. The van der Waals surface area contributed by atoms with Crippen LogP contribution in [0.1, 0.15) is 77.8 Å². The summed E-state index contributed by atoms with van der Waals surface area (Å²) in [5.74, 6) is 1.53. The Balaban J connectivity index is -0.000000409. The molecule has 5 nitrogen and oxygen atoms in total. The highest BCUT2D eigenvalue weighted by Gasteiger charge is 1.93. The zero-order valence-electron chi connectivity index (χ0n) is 23.7. The summed E-state index contributed by atoms with van der Waals surface area (Å²) in [5.41, 5.74) is 19.4. The lowest BCUT2D eigenvalue weighted by molar-refractivity contribution is -0.114. The number of anilines is 1. The normalized spacial score (nSPS) is 9.19. The van der Waals surface area contributed by atoms with Crippen LogP contribution in [0.15, 0.2) is 48.5 Å². The van der Waals surface area contributed by atoms with Crippen molar-refractivity contribution in [2.45, 2.75) is 86.6 Å². The van der Waals surface area contributed by atoms with Gasteiger partial charge in [-0.25, -0.2) is 0 Å². The second-order valence-corrected chi connectivity index (χ2v) is 8.94. The molecule has 36 heavy (non-hydrogen) atoms. The first-order chi connectivity index (χ1) is 17.1. The molecule has 0 heterocycles. The third-order valence-electron chi connectivity index (χ3n) is 4.45. The number of rotatable bonds is 9. The molecule has 2 aromatic rings. The van der Waals surface area contributed by atoms with Gasteiger partial charge >= 0.3 is 0 Å². The fourth-order valence-electron chi connectivity index (χ4n) is 2.02. The highest BCUT2D eigenvalue weighted by atomic mass is 32.2. The number of nitrogens with two attached hydrogens (primary N) is 3. The standard InChI is InChI=1S/C10H13FOS.C7H9N.C5H13N.C4H11N.C3H6O/c1-9-3-5-10(6-4-9)12-7-2-8-13-11;1-6-4-2-3-5-7(6)8;1-3-5(6)4-2;1-2-3-4-5;1-3(2)4/h3-6H,2,7-8H2,1H3;2-5H,8H2,1H3;5H,3-4,6H2,1-2H3;2-5H2,1H3;1-2H3. The van der Waals surface area contributed by atoms with Crippen LogP contribution in [-0.2, 0) is 4.79 Å². The Morgan fingerprint density at radius 2 is 1.50 bits per heavy atom. The quantitative estimate of drug-likeness (QED) is 0.232. The van der Waals surface area contributed by atoms with Gasteiger partial charge in [0.2, 0.25) is 0 Å². The van der Waals surface area contributed by atoms with Crippen molar-refractivity contribution in [2.75, 3.05) is 24.6 Å². The van der Waals surface area contributed by atoms with Gasteiger partial charge in [0.1, 0.15) is 11.5 Å². The summed E-state index contributed by atoms with van der Waals surface area (Å²) < 4.78 is 17.0. The molecule has 0 unspecified atom stereocenters. The number of benzene rings is 2. The number of halogens is 1. The Kier molecular flexibility index (Phi) is 31.1.